The van der Waals surface area contributed by atoms with Crippen LogP contribution in [0.4, 0.5) is 4.79 Å². The third-order valence-corrected chi connectivity index (χ3v) is 6.30. The Morgan fingerprint density at radius 3 is 2.39 bits per heavy atom. The zero-order valence-electron chi connectivity index (χ0n) is 20.6. The quantitative estimate of drug-likeness (QED) is 0.180. The smallest absolute Gasteiger partial charge is 0.318 e. The second-order valence-corrected chi connectivity index (χ2v) is 8.63. The molecule has 0 aromatic rings. The van der Waals surface area contributed by atoms with Crippen molar-refractivity contribution < 1.29 is 23.7 Å². The lowest BCUT2D eigenvalue weighted by Gasteiger charge is -2.26. The third-order valence-electron chi connectivity index (χ3n) is 6.30. The lowest BCUT2D eigenvalue weighted by atomic mass is 9.94. The minimum absolute atomic E-state index is 0.126. The maximum atomic E-state index is 12.0. The van der Waals surface area contributed by atoms with E-state index in [1.54, 1.807) is 0 Å². The Kier molecular flexibility index (Phi) is 14.1. The molecule has 0 aromatic heterocycles. The molecule has 1 heterocycles. The van der Waals surface area contributed by atoms with Gasteiger partial charge in [0.15, 0.2) is 0 Å². The van der Waals surface area contributed by atoms with Crippen molar-refractivity contribution in [1.29, 1.82) is 0 Å². The van der Waals surface area contributed by atoms with Crippen LogP contribution >= 0.6 is 0 Å². The maximum Gasteiger partial charge on any atom is 0.318 e. The molecule has 0 aromatic carbocycles. The van der Waals surface area contributed by atoms with Crippen LogP contribution in [0.3, 0.4) is 0 Å². The summed E-state index contributed by atoms with van der Waals surface area (Å²) >= 11 is 0. The summed E-state index contributed by atoms with van der Waals surface area (Å²) in [6.07, 6.45) is 12.0. The number of rotatable bonds is 19. The second-order valence-electron chi connectivity index (χ2n) is 8.63. The molecule has 0 spiro atoms. The molecule has 1 saturated heterocycles. The summed E-state index contributed by atoms with van der Waals surface area (Å²) in [5.41, 5.74) is 1.19. The number of fused-ring (bicyclic) bond motifs is 1. The maximum absolute atomic E-state index is 12.0. The molecule has 8 heteroatoms. The molecule has 1 saturated carbocycles. The van der Waals surface area contributed by atoms with E-state index in [4.69, 9.17) is 25.4 Å². The number of urea groups is 1. The molecule has 0 bridgehead atoms. The number of carbonyl (C=O) groups excluding carboxylic acids is 1. The number of likely N-dealkylation sites (N-methyl/N-ethyl adjacent to an activating group) is 1. The average Bonchev–Trinajstić information content (AvgIpc) is 3.34. The largest absolute Gasteiger partial charge is 0.377 e. The minimum atomic E-state index is 0.126. The molecule has 3 unspecified atom stereocenters. The number of aliphatic imine (C=N–C) groups is 1. The summed E-state index contributed by atoms with van der Waals surface area (Å²) in [7, 11) is 0. The number of ether oxygens (including phenoxy) is 4. The molecule has 1 aliphatic carbocycles. The molecule has 2 amide bonds. The molecule has 188 valence electrons. The van der Waals surface area contributed by atoms with Crippen molar-refractivity contribution in [2.24, 2.45) is 10.9 Å². The van der Waals surface area contributed by atoms with Crippen molar-refractivity contribution in [3.63, 3.8) is 0 Å². The van der Waals surface area contributed by atoms with Gasteiger partial charge in [-0.3, -0.25) is 4.99 Å². The van der Waals surface area contributed by atoms with E-state index in [1.807, 2.05) is 4.90 Å². The van der Waals surface area contributed by atoms with Crippen LogP contribution in [-0.2, 0) is 18.9 Å². The van der Waals surface area contributed by atoms with Gasteiger partial charge in [0.1, 0.15) is 6.61 Å². The Balaban J connectivity index is 1.39. The van der Waals surface area contributed by atoms with Gasteiger partial charge in [0.25, 0.3) is 0 Å². The standard InChI is InChI=1S/C25H43N3O5/c1-4-13-30-15-17-32-19-20-33-18-16-31-14-12-26-21(3)8-6-7-9-22-10-11-23-24(22)28(5-2)25(29)27-23/h1,22-24H,5-20H2,2-3H3,(H,27,29). The first-order valence-corrected chi connectivity index (χ1v) is 12.5. The van der Waals surface area contributed by atoms with Crippen LogP contribution < -0.4 is 5.32 Å². The van der Waals surface area contributed by atoms with E-state index >= 15 is 0 Å². The van der Waals surface area contributed by atoms with Gasteiger partial charge in [-0.25, -0.2) is 4.79 Å². The number of unbranched alkanes of at least 4 members (excludes halogenated alkanes) is 1. The number of nitrogens with zero attached hydrogens (tertiary/aromatic N) is 2. The number of hydrogen-bond acceptors (Lipinski definition) is 6. The Morgan fingerprint density at radius 2 is 1.73 bits per heavy atom. The summed E-state index contributed by atoms with van der Waals surface area (Å²) in [5.74, 6) is 3.05. The van der Waals surface area contributed by atoms with Gasteiger partial charge in [-0.2, -0.15) is 0 Å². The van der Waals surface area contributed by atoms with Gasteiger partial charge in [0, 0.05) is 12.3 Å². The predicted molar refractivity (Wildman–Crippen MR) is 130 cm³/mol. The molecule has 2 aliphatic rings. The van der Waals surface area contributed by atoms with Crippen LogP contribution in [0.25, 0.3) is 0 Å². The molecule has 8 nitrogen and oxygen atoms in total. The first-order chi connectivity index (χ1) is 16.2. The molecule has 33 heavy (non-hydrogen) atoms. The molecule has 1 aliphatic heterocycles. The van der Waals surface area contributed by atoms with Crippen molar-refractivity contribution in [3.8, 4) is 12.3 Å². The number of hydrogen-bond donors (Lipinski definition) is 1. The highest BCUT2D eigenvalue weighted by Gasteiger charge is 2.46. The van der Waals surface area contributed by atoms with Gasteiger partial charge < -0.3 is 29.2 Å². The highest BCUT2D eigenvalue weighted by molar-refractivity contribution is 5.81. The highest BCUT2D eigenvalue weighted by Crippen LogP contribution is 2.37. The van der Waals surface area contributed by atoms with E-state index in [-0.39, 0.29) is 6.03 Å². The van der Waals surface area contributed by atoms with Gasteiger partial charge in [0.2, 0.25) is 0 Å². The average molecular weight is 466 g/mol. The molecule has 3 atom stereocenters. The summed E-state index contributed by atoms with van der Waals surface area (Å²) in [6, 6.07) is 0.903. The lowest BCUT2D eigenvalue weighted by Crippen LogP contribution is -2.38. The molecule has 2 rings (SSSR count). The molecule has 1 N–H and O–H groups in total. The van der Waals surface area contributed by atoms with E-state index in [1.165, 1.54) is 25.0 Å². The summed E-state index contributed by atoms with van der Waals surface area (Å²) in [6.45, 7) is 9.84. The first kappa shape index (κ1) is 27.6. The molecular formula is C25H43N3O5. The fourth-order valence-corrected chi connectivity index (χ4v) is 4.70. The normalized spacial score (nSPS) is 22.5. The number of terminal acetylenes is 1. The van der Waals surface area contributed by atoms with E-state index < -0.39 is 0 Å². The van der Waals surface area contributed by atoms with Crippen LogP contribution in [0.2, 0.25) is 0 Å². The zero-order valence-corrected chi connectivity index (χ0v) is 20.6. The van der Waals surface area contributed by atoms with Gasteiger partial charge in [-0.1, -0.05) is 12.3 Å². The highest BCUT2D eigenvalue weighted by atomic mass is 16.6. The zero-order chi connectivity index (χ0) is 23.7. The van der Waals surface area contributed by atoms with Crippen LogP contribution in [-0.4, -0.2) is 94.7 Å². The summed E-state index contributed by atoms with van der Waals surface area (Å²) in [5, 5.41) is 3.15. The summed E-state index contributed by atoms with van der Waals surface area (Å²) < 4.78 is 21.5. The molecule has 2 fully saturated rings. The Labute approximate surface area is 199 Å². The van der Waals surface area contributed by atoms with E-state index in [2.05, 4.69) is 30.1 Å². The minimum Gasteiger partial charge on any atom is -0.377 e. The Morgan fingerprint density at radius 1 is 1.06 bits per heavy atom. The van der Waals surface area contributed by atoms with Crippen LogP contribution in [0, 0.1) is 18.3 Å². The van der Waals surface area contributed by atoms with Crippen molar-refractivity contribution in [1.82, 2.24) is 10.2 Å². The monoisotopic (exact) mass is 465 g/mol. The topological polar surface area (TPSA) is 81.6 Å². The fourth-order valence-electron chi connectivity index (χ4n) is 4.70. The van der Waals surface area contributed by atoms with Gasteiger partial charge in [-0.15, -0.1) is 6.42 Å². The van der Waals surface area contributed by atoms with Crippen molar-refractivity contribution in [3.05, 3.63) is 0 Å². The van der Waals surface area contributed by atoms with Gasteiger partial charge in [0.05, 0.1) is 64.9 Å². The van der Waals surface area contributed by atoms with Crippen LogP contribution in [0.1, 0.15) is 52.4 Å². The van der Waals surface area contributed by atoms with E-state index in [0.717, 1.165) is 25.8 Å². The van der Waals surface area contributed by atoms with E-state index in [9.17, 15) is 4.79 Å². The number of nitrogens with one attached hydrogen (secondary N) is 1. The SMILES string of the molecule is C#CCOCCOCCOCCOCCN=C(C)CCCCC1CCC2NC(=O)N(CC)C12. The van der Waals surface area contributed by atoms with E-state index in [0.29, 0.717) is 77.4 Å². The first-order valence-electron chi connectivity index (χ1n) is 12.5. The van der Waals surface area contributed by atoms with Crippen molar-refractivity contribution >= 4 is 11.7 Å². The number of carbonyl (C=O) groups is 1. The van der Waals surface area contributed by atoms with Crippen LogP contribution in [0.15, 0.2) is 4.99 Å². The predicted octanol–water partition coefficient (Wildman–Crippen LogP) is 2.90. The number of amides is 2. The molecular weight excluding hydrogens is 422 g/mol. The van der Waals surface area contributed by atoms with Crippen LogP contribution in [0.5, 0.6) is 0 Å². The van der Waals surface area contributed by atoms with Crippen molar-refractivity contribution in [2.75, 3.05) is 65.9 Å². The van der Waals surface area contributed by atoms with Gasteiger partial charge >= 0.3 is 6.03 Å². The fraction of sp³-hybridized carbons (Fsp3) is 0.840. The van der Waals surface area contributed by atoms with Crippen molar-refractivity contribution in [2.45, 2.75) is 64.5 Å². The lowest BCUT2D eigenvalue weighted by molar-refractivity contribution is 0.00226. The molecule has 0 radical (unpaired) electrons. The Hall–Kier alpha value is -1.66. The second kappa shape index (κ2) is 16.9. The Bertz CT molecular complexity index is 622. The summed E-state index contributed by atoms with van der Waals surface area (Å²) in [4.78, 5) is 18.7. The van der Waals surface area contributed by atoms with Gasteiger partial charge in [-0.05, 0) is 51.9 Å². The third kappa shape index (κ3) is 10.4.